The molecule has 0 bridgehead atoms. The maximum atomic E-state index is 14.4. The molecule has 0 saturated carbocycles. The molecule has 0 N–H and O–H groups in total. The number of amides is 2. The van der Waals surface area contributed by atoms with Gasteiger partial charge in [-0.05, 0) is 24.1 Å². The van der Waals surface area contributed by atoms with E-state index in [9.17, 15) is 9.59 Å². The number of ether oxygens (including phenoxy) is 6. The minimum atomic E-state index is -0.165. The van der Waals surface area contributed by atoms with E-state index in [0.29, 0.717) is 78.3 Å². The van der Waals surface area contributed by atoms with Crippen molar-refractivity contribution < 1.29 is 42.5 Å². The van der Waals surface area contributed by atoms with Gasteiger partial charge in [-0.2, -0.15) is 0 Å². The number of piperazine rings is 1. The smallest absolute Gasteiger partial charge is 0.346 e. The van der Waals surface area contributed by atoms with Gasteiger partial charge in [0.1, 0.15) is 13.1 Å². The number of benzene rings is 3. The molecule has 0 atom stereocenters. The van der Waals surface area contributed by atoms with Gasteiger partial charge in [-0.25, -0.2) is 4.79 Å². The Morgan fingerprint density at radius 1 is 0.674 bits per heavy atom. The second-order valence-electron chi connectivity index (χ2n) is 10.3. The molecule has 3 aromatic rings. The Bertz CT molecular complexity index is 1370. The van der Waals surface area contributed by atoms with E-state index in [4.69, 9.17) is 28.4 Å². The molecule has 10 nitrogen and oxygen atoms in total. The molecule has 0 radical (unpaired) electrons. The first-order chi connectivity index (χ1) is 20.8. The van der Waals surface area contributed by atoms with Crippen molar-refractivity contribution >= 4 is 11.8 Å². The predicted octanol–water partition coefficient (Wildman–Crippen LogP) is 4.48. The summed E-state index contributed by atoms with van der Waals surface area (Å²) in [5.74, 6) is 2.29. The molecule has 0 aromatic heterocycles. The van der Waals surface area contributed by atoms with Crippen molar-refractivity contribution in [2.75, 3.05) is 75.4 Å². The lowest BCUT2D eigenvalue weighted by Crippen LogP contribution is -2.63. The molecule has 3 aromatic carbocycles. The number of methoxy groups -OCH3 is 6. The maximum absolute atomic E-state index is 14.4. The lowest BCUT2D eigenvalue weighted by molar-refractivity contribution is -0.853. The zero-order valence-electron chi connectivity index (χ0n) is 25.8. The van der Waals surface area contributed by atoms with Gasteiger partial charge in [0.05, 0.1) is 67.9 Å². The SMILES string of the molecule is COc1cc(C(=O)N2CC[N+](CCCc3ccccc3)(C(=O)c3cc(OC)c(OC)c(OC)c3)CC2)cc(OC)c1OC. The first-order valence-corrected chi connectivity index (χ1v) is 14.2. The fourth-order valence-corrected chi connectivity index (χ4v) is 5.68. The standard InChI is InChI=1S/C33H41N2O8/c1-38-26-19-24(20-27(39-2)30(26)42-5)32(36)34-14-17-35(18-15-34,16-10-13-23-11-8-7-9-12-23)33(37)25-21-28(40-3)31(43-6)29(22-25)41-4/h7-9,11-12,19-22H,10,13-18H2,1-6H3/q+1. The Morgan fingerprint density at radius 3 is 1.58 bits per heavy atom. The third kappa shape index (κ3) is 6.64. The largest absolute Gasteiger partial charge is 0.493 e. The summed E-state index contributed by atoms with van der Waals surface area (Å²) in [4.78, 5) is 29.8. The molecule has 0 spiro atoms. The summed E-state index contributed by atoms with van der Waals surface area (Å²) in [6.07, 6.45) is 1.65. The molecule has 0 aliphatic carbocycles. The summed E-state index contributed by atoms with van der Waals surface area (Å²) in [7, 11) is 9.15. The molecule has 0 unspecified atom stereocenters. The van der Waals surface area contributed by atoms with Crippen molar-refractivity contribution in [3.63, 3.8) is 0 Å². The van der Waals surface area contributed by atoms with Gasteiger partial charge < -0.3 is 33.3 Å². The summed E-state index contributed by atoms with van der Waals surface area (Å²) in [6.45, 7) is 2.34. The minimum absolute atomic E-state index is 0.0489. The van der Waals surface area contributed by atoms with Crippen LogP contribution in [-0.4, -0.2) is 96.6 Å². The summed E-state index contributed by atoms with van der Waals surface area (Å²) in [5, 5.41) is 0. The van der Waals surface area contributed by atoms with Gasteiger partial charge in [0.25, 0.3) is 5.91 Å². The van der Waals surface area contributed by atoms with Gasteiger partial charge in [0, 0.05) is 24.1 Å². The highest BCUT2D eigenvalue weighted by atomic mass is 16.5. The van der Waals surface area contributed by atoms with E-state index in [1.165, 1.54) is 48.2 Å². The summed E-state index contributed by atoms with van der Waals surface area (Å²) in [5.41, 5.74) is 2.12. The summed E-state index contributed by atoms with van der Waals surface area (Å²) >= 11 is 0. The van der Waals surface area contributed by atoms with Crippen LogP contribution in [0.3, 0.4) is 0 Å². The highest BCUT2D eigenvalue weighted by Crippen LogP contribution is 2.40. The van der Waals surface area contributed by atoms with Crippen LogP contribution >= 0.6 is 0 Å². The average Bonchev–Trinajstić information content (AvgIpc) is 3.06. The van der Waals surface area contributed by atoms with Crippen LogP contribution in [0.5, 0.6) is 34.5 Å². The lowest BCUT2D eigenvalue weighted by Gasteiger charge is -2.43. The first-order valence-electron chi connectivity index (χ1n) is 14.2. The Hall–Kier alpha value is -4.44. The molecule has 1 saturated heterocycles. The Labute approximate surface area is 253 Å². The van der Waals surface area contributed by atoms with Crippen LogP contribution in [-0.2, 0) is 6.42 Å². The van der Waals surface area contributed by atoms with E-state index in [0.717, 1.165) is 12.8 Å². The van der Waals surface area contributed by atoms with E-state index in [2.05, 4.69) is 12.1 Å². The second-order valence-corrected chi connectivity index (χ2v) is 10.3. The zero-order valence-corrected chi connectivity index (χ0v) is 25.8. The van der Waals surface area contributed by atoms with Crippen molar-refractivity contribution in [3.8, 4) is 34.5 Å². The van der Waals surface area contributed by atoms with Gasteiger partial charge in [0.15, 0.2) is 23.0 Å². The number of quaternary nitrogens is 1. The van der Waals surface area contributed by atoms with Crippen molar-refractivity contribution in [1.82, 2.24) is 4.90 Å². The van der Waals surface area contributed by atoms with Crippen molar-refractivity contribution in [2.24, 2.45) is 0 Å². The monoisotopic (exact) mass is 593 g/mol. The molecule has 1 aliphatic rings. The maximum Gasteiger partial charge on any atom is 0.346 e. The molecule has 1 aliphatic heterocycles. The predicted molar refractivity (Wildman–Crippen MR) is 162 cm³/mol. The van der Waals surface area contributed by atoms with Gasteiger partial charge in [-0.3, -0.25) is 9.28 Å². The Kier molecular flexibility index (Phi) is 10.4. The van der Waals surface area contributed by atoms with Crippen molar-refractivity contribution in [3.05, 3.63) is 71.3 Å². The molecule has 43 heavy (non-hydrogen) atoms. The van der Waals surface area contributed by atoms with Crippen LogP contribution in [0, 0.1) is 0 Å². The third-order valence-electron chi connectivity index (χ3n) is 8.03. The van der Waals surface area contributed by atoms with E-state index in [1.807, 2.05) is 18.2 Å². The van der Waals surface area contributed by atoms with E-state index < -0.39 is 0 Å². The van der Waals surface area contributed by atoms with Crippen LogP contribution in [0.25, 0.3) is 0 Å². The molecule has 2 amide bonds. The minimum Gasteiger partial charge on any atom is -0.493 e. The molecule has 1 fully saturated rings. The number of carbonyl (C=O) groups excluding carboxylic acids is 2. The highest BCUT2D eigenvalue weighted by molar-refractivity contribution is 5.96. The third-order valence-corrected chi connectivity index (χ3v) is 8.03. The van der Waals surface area contributed by atoms with Crippen LogP contribution in [0.2, 0.25) is 0 Å². The normalized spacial score (nSPS) is 14.0. The zero-order chi connectivity index (χ0) is 31.0. The fourth-order valence-electron chi connectivity index (χ4n) is 5.68. The second kappa shape index (κ2) is 14.2. The van der Waals surface area contributed by atoms with Crippen molar-refractivity contribution in [2.45, 2.75) is 12.8 Å². The van der Waals surface area contributed by atoms with Gasteiger partial charge in [-0.1, -0.05) is 30.3 Å². The van der Waals surface area contributed by atoms with Gasteiger partial charge >= 0.3 is 5.91 Å². The van der Waals surface area contributed by atoms with Crippen molar-refractivity contribution in [1.29, 1.82) is 0 Å². The van der Waals surface area contributed by atoms with Crippen LogP contribution in [0.1, 0.15) is 32.7 Å². The van der Waals surface area contributed by atoms with E-state index in [-0.39, 0.29) is 16.3 Å². The number of hydrogen-bond donors (Lipinski definition) is 0. The topological polar surface area (TPSA) is 92.8 Å². The van der Waals surface area contributed by atoms with Crippen LogP contribution < -0.4 is 28.4 Å². The molecular weight excluding hydrogens is 552 g/mol. The van der Waals surface area contributed by atoms with Crippen LogP contribution in [0.15, 0.2) is 54.6 Å². The van der Waals surface area contributed by atoms with E-state index >= 15 is 0 Å². The molecule has 4 rings (SSSR count). The van der Waals surface area contributed by atoms with Gasteiger partial charge in [-0.15, -0.1) is 0 Å². The molecule has 230 valence electrons. The molecule has 1 heterocycles. The lowest BCUT2D eigenvalue weighted by atomic mass is 10.0. The number of nitrogens with zero attached hydrogens (tertiary/aromatic N) is 2. The summed E-state index contributed by atoms with van der Waals surface area (Å²) < 4.78 is 33.1. The number of carbonyl (C=O) groups is 2. The Balaban J connectivity index is 1.61. The quantitative estimate of drug-likeness (QED) is 0.284. The Morgan fingerprint density at radius 2 is 1.14 bits per heavy atom. The summed E-state index contributed by atoms with van der Waals surface area (Å²) in [6, 6.07) is 16.9. The number of aryl methyl sites for hydroxylation is 1. The average molecular weight is 594 g/mol. The fraction of sp³-hybridized carbons (Fsp3) is 0.394. The van der Waals surface area contributed by atoms with E-state index in [1.54, 1.807) is 29.2 Å². The molecular formula is C33H41N2O8+. The highest BCUT2D eigenvalue weighted by Gasteiger charge is 2.42. The molecule has 10 heteroatoms. The van der Waals surface area contributed by atoms with Gasteiger partial charge in [0.2, 0.25) is 11.5 Å². The number of hydrogen-bond acceptors (Lipinski definition) is 8. The van der Waals surface area contributed by atoms with Crippen LogP contribution in [0.4, 0.5) is 0 Å². The number of rotatable bonds is 12. The first kappa shape index (κ1) is 31.5.